The van der Waals surface area contributed by atoms with Crippen molar-refractivity contribution in [2.24, 2.45) is 0 Å². The van der Waals surface area contributed by atoms with Gasteiger partial charge in [0.2, 0.25) is 5.95 Å². The number of nitrogen functional groups attached to an aromatic ring is 1. The molecule has 28 heavy (non-hydrogen) atoms. The number of rotatable bonds is 3. The fourth-order valence-electron chi connectivity index (χ4n) is 3.21. The van der Waals surface area contributed by atoms with Crippen LogP contribution >= 0.6 is 11.6 Å². The lowest BCUT2D eigenvalue weighted by Crippen LogP contribution is -2.32. The lowest BCUT2D eigenvalue weighted by Gasteiger charge is -2.32. The normalized spacial score (nSPS) is 19.4. The number of aromatic nitrogens is 2. The van der Waals surface area contributed by atoms with Gasteiger partial charge >= 0.3 is 6.18 Å². The zero-order valence-corrected chi connectivity index (χ0v) is 15.8. The molecule has 2 aromatic rings. The first-order valence-corrected chi connectivity index (χ1v) is 9.04. The van der Waals surface area contributed by atoms with Gasteiger partial charge in [-0.3, -0.25) is 0 Å². The summed E-state index contributed by atoms with van der Waals surface area (Å²) in [7, 11) is 0. The van der Waals surface area contributed by atoms with E-state index in [1.165, 1.54) is 18.2 Å². The summed E-state index contributed by atoms with van der Waals surface area (Å²) >= 11 is 6.31. The van der Waals surface area contributed by atoms with E-state index in [2.05, 4.69) is 9.97 Å². The van der Waals surface area contributed by atoms with Crippen molar-refractivity contribution in [1.82, 2.24) is 9.97 Å². The Morgan fingerprint density at radius 1 is 1.32 bits per heavy atom. The number of aliphatic hydroxyl groups excluding tert-OH is 1. The van der Waals surface area contributed by atoms with Crippen molar-refractivity contribution in [2.75, 3.05) is 30.4 Å². The third kappa shape index (κ3) is 4.48. The Morgan fingerprint density at radius 2 is 2.07 bits per heavy atom. The molecule has 0 aliphatic carbocycles. The van der Waals surface area contributed by atoms with Crippen LogP contribution in [-0.2, 0) is 4.74 Å². The van der Waals surface area contributed by atoms with Crippen molar-refractivity contribution in [3.05, 3.63) is 46.1 Å². The molecular formula is C18H20ClF3N4O2. The number of anilines is 2. The average Bonchev–Trinajstić information content (AvgIpc) is 2.86. The number of nitrogens with zero attached hydrogens (tertiary/aromatic N) is 3. The van der Waals surface area contributed by atoms with Crippen molar-refractivity contribution < 1.29 is 23.0 Å². The largest absolute Gasteiger partial charge is 0.418 e. The van der Waals surface area contributed by atoms with Gasteiger partial charge in [0.1, 0.15) is 5.82 Å². The van der Waals surface area contributed by atoms with Crippen molar-refractivity contribution in [1.29, 1.82) is 0 Å². The van der Waals surface area contributed by atoms with Crippen molar-refractivity contribution in [3.63, 3.8) is 0 Å². The number of nitrogens with two attached hydrogens (primary N) is 1. The number of hydrogen-bond acceptors (Lipinski definition) is 6. The van der Waals surface area contributed by atoms with Crippen LogP contribution in [0.3, 0.4) is 0 Å². The third-order valence-corrected chi connectivity index (χ3v) is 4.84. The average molecular weight is 417 g/mol. The van der Waals surface area contributed by atoms with Crippen molar-refractivity contribution in [3.8, 4) is 0 Å². The highest BCUT2D eigenvalue weighted by Crippen LogP contribution is 2.38. The second kappa shape index (κ2) is 8.10. The van der Waals surface area contributed by atoms with E-state index in [9.17, 15) is 18.3 Å². The highest BCUT2D eigenvalue weighted by atomic mass is 35.5. The van der Waals surface area contributed by atoms with Crippen molar-refractivity contribution in [2.45, 2.75) is 31.7 Å². The summed E-state index contributed by atoms with van der Waals surface area (Å²) in [6.07, 6.45) is -6.68. The van der Waals surface area contributed by atoms with Gasteiger partial charge in [-0.1, -0.05) is 17.7 Å². The van der Waals surface area contributed by atoms with Crippen molar-refractivity contribution >= 4 is 23.4 Å². The van der Waals surface area contributed by atoms with Crippen LogP contribution in [0.15, 0.2) is 24.3 Å². The molecule has 3 rings (SSSR count). The molecule has 1 aromatic heterocycles. The number of aryl methyl sites for hydroxylation is 1. The molecule has 1 aliphatic rings. The highest BCUT2D eigenvalue weighted by molar-refractivity contribution is 6.31. The molecule has 0 spiro atoms. The maximum Gasteiger partial charge on any atom is 0.418 e. The highest BCUT2D eigenvalue weighted by Gasteiger charge is 2.40. The quantitative estimate of drug-likeness (QED) is 0.795. The SMILES string of the molecule is Cc1cc(N2CCCOCC2c2cc([C@H](O)C(F)(F)F)ccc2Cl)nc(N)n1. The van der Waals surface area contributed by atoms with Gasteiger partial charge in [-0.2, -0.15) is 18.2 Å². The van der Waals surface area contributed by atoms with Gasteiger partial charge < -0.3 is 20.5 Å². The standard InChI is InChI=1S/C18H20ClF3N4O2/c1-10-7-15(25-17(23)24-10)26-5-2-6-28-9-14(26)12-8-11(3-4-13(12)19)16(27)18(20,21)22/h3-4,7-8,14,16,27H,2,5-6,9H2,1H3,(H2,23,24,25)/t14?,16-/m0/s1. The smallest absolute Gasteiger partial charge is 0.379 e. The molecule has 3 N–H and O–H groups in total. The fourth-order valence-corrected chi connectivity index (χ4v) is 3.45. The van der Waals surface area contributed by atoms with Crippen LogP contribution in [0, 0.1) is 6.92 Å². The summed E-state index contributed by atoms with van der Waals surface area (Å²) in [5.41, 5.74) is 6.57. The maximum atomic E-state index is 13.0. The number of benzene rings is 1. The molecule has 1 unspecified atom stereocenters. The maximum absolute atomic E-state index is 13.0. The number of halogens is 4. The first-order chi connectivity index (χ1) is 13.2. The molecule has 2 atom stereocenters. The minimum absolute atomic E-state index is 0.103. The summed E-state index contributed by atoms with van der Waals surface area (Å²) in [6.45, 7) is 3.02. The van der Waals surface area contributed by atoms with Crippen LogP contribution in [0.2, 0.25) is 5.02 Å². The van der Waals surface area contributed by atoms with E-state index < -0.39 is 18.3 Å². The molecule has 1 saturated heterocycles. The Hall–Kier alpha value is -2.10. The summed E-state index contributed by atoms with van der Waals surface area (Å²) in [6, 6.07) is 5.04. The Labute approximate surface area is 165 Å². The number of ether oxygens (including phenoxy) is 1. The van der Waals surface area contributed by atoms with E-state index in [1.54, 1.807) is 13.0 Å². The van der Waals surface area contributed by atoms with Gasteiger partial charge in [0, 0.05) is 29.9 Å². The van der Waals surface area contributed by atoms with Crippen LogP contribution in [0.4, 0.5) is 24.9 Å². The molecule has 0 bridgehead atoms. The lowest BCUT2D eigenvalue weighted by atomic mass is 9.99. The fraction of sp³-hybridized carbons (Fsp3) is 0.444. The van der Waals surface area contributed by atoms with Crippen LogP contribution < -0.4 is 10.6 Å². The molecule has 6 nitrogen and oxygen atoms in total. The molecule has 2 heterocycles. The summed E-state index contributed by atoms with van der Waals surface area (Å²) in [5, 5.41) is 9.91. The summed E-state index contributed by atoms with van der Waals surface area (Å²) in [5.74, 6) is 0.643. The Kier molecular flexibility index (Phi) is 5.97. The van der Waals surface area contributed by atoms with E-state index in [0.29, 0.717) is 36.6 Å². The zero-order valence-electron chi connectivity index (χ0n) is 15.1. The molecule has 0 amide bonds. The molecule has 1 fully saturated rings. The molecule has 0 radical (unpaired) electrons. The number of alkyl halides is 3. The summed E-state index contributed by atoms with van der Waals surface area (Å²) in [4.78, 5) is 10.2. The Balaban J connectivity index is 2.05. The second-order valence-electron chi connectivity index (χ2n) is 6.59. The van der Waals surface area contributed by atoms with E-state index in [-0.39, 0.29) is 23.1 Å². The van der Waals surface area contributed by atoms with Gasteiger partial charge in [-0.05, 0) is 36.6 Å². The molecule has 10 heteroatoms. The monoisotopic (exact) mass is 416 g/mol. The van der Waals surface area contributed by atoms with Crippen LogP contribution in [0.25, 0.3) is 0 Å². The molecule has 152 valence electrons. The first-order valence-electron chi connectivity index (χ1n) is 8.66. The van der Waals surface area contributed by atoms with Crippen LogP contribution in [-0.4, -0.2) is 41.0 Å². The second-order valence-corrected chi connectivity index (χ2v) is 7.00. The van der Waals surface area contributed by atoms with Gasteiger partial charge in [-0.15, -0.1) is 0 Å². The van der Waals surface area contributed by atoms with E-state index in [0.717, 1.165) is 0 Å². The number of aliphatic hydroxyl groups is 1. The van der Waals surface area contributed by atoms with Gasteiger partial charge in [0.15, 0.2) is 6.10 Å². The predicted octanol–water partition coefficient (Wildman–Crippen LogP) is 3.58. The molecule has 1 aliphatic heterocycles. The Bertz CT molecular complexity index is 830. The molecular weight excluding hydrogens is 397 g/mol. The van der Waals surface area contributed by atoms with Crippen LogP contribution in [0.1, 0.15) is 35.4 Å². The predicted molar refractivity (Wildman–Crippen MR) is 99.2 cm³/mol. The lowest BCUT2D eigenvalue weighted by molar-refractivity contribution is -0.206. The number of hydrogen-bond donors (Lipinski definition) is 2. The van der Waals surface area contributed by atoms with Crippen LogP contribution in [0.5, 0.6) is 0 Å². The van der Waals surface area contributed by atoms with E-state index >= 15 is 0 Å². The third-order valence-electron chi connectivity index (χ3n) is 4.50. The topological polar surface area (TPSA) is 84.5 Å². The summed E-state index contributed by atoms with van der Waals surface area (Å²) < 4.78 is 44.5. The van der Waals surface area contributed by atoms with Gasteiger partial charge in [0.25, 0.3) is 0 Å². The van der Waals surface area contributed by atoms with E-state index in [4.69, 9.17) is 22.1 Å². The first kappa shape index (κ1) is 20.6. The Morgan fingerprint density at radius 3 is 2.75 bits per heavy atom. The minimum atomic E-state index is -4.77. The zero-order chi connectivity index (χ0) is 20.5. The molecule has 0 saturated carbocycles. The van der Waals surface area contributed by atoms with E-state index in [1.807, 2.05) is 4.90 Å². The van der Waals surface area contributed by atoms with Gasteiger partial charge in [0.05, 0.1) is 12.6 Å². The van der Waals surface area contributed by atoms with Gasteiger partial charge in [-0.25, -0.2) is 4.98 Å². The minimum Gasteiger partial charge on any atom is -0.379 e. The molecule has 1 aromatic carbocycles.